The summed E-state index contributed by atoms with van der Waals surface area (Å²) in [5.74, 6) is -5.82. The third-order valence-corrected chi connectivity index (χ3v) is 19.5. The van der Waals surface area contributed by atoms with Gasteiger partial charge in [-0.05, 0) is 91.1 Å². The van der Waals surface area contributed by atoms with Gasteiger partial charge < -0.3 is 60.9 Å². The molecule has 0 unspecified atom stereocenters. The van der Waals surface area contributed by atoms with Crippen LogP contribution in [0.5, 0.6) is 5.75 Å². The van der Waals surface area contributed by atoms with Gasteiger partial charge in [-0.25, -0.2) is 18.8 Å². The largest absolute Gasteiger partial charge is 0.508 e. The fraction of sp³-hybridized carbons (Fsp3) is 0.520. The van der Waals surface area contributed by atoms with Gasteiger partial charge in [-0.3, -0.25) is 29.0 Å². The Labute approximate surface area is 459 Å². The van der Waals surface area contributed by atoms with Crippen LogP contribution in [0.15, 0.2) is 52.0 Å². The lowest BCUT2D eigenvalue weighted by atomic mass is 9.95. The van der Waals surface area contributed by atoms with Gasteiger partial charge in [0.15, 0.2) is 6.04 Å². The first-order chi connectivity index (χ1) is 36.1. The Balaban J connectivity index is 0.000000155. The second-order valence-electron chi connectivity index (χ2n) is 21.0. The second kappa shape index (κ2) is 21.6. The third-order valence-electron chi connectivity index (χ3n) is 14.4. The van der Waals surface area contributed by atoms with E-state index in [1.165, 1.54) is 113 Å². The number of nitrogens with zero attached hydrogens (tertiary/aromatic N) is 6. The molecule has 10 atom stereocenters. The summed E-state index contributed by atoms with van der Waals surface area (Å²) in [6.07, 6.45) is 6.67. The van der Waals surface area contributed by atoms with Crippen molar-refractivity contribution in [1.29, 1.82) is 0 Å². The summed E-state index contributed by atoms with van der Waals surface area (Å²) in [5.41, 5.74) is 6.22. The van der Waals surface area contributed by atoms with Crippen molar-refractivity contribution in [2.24, 2.45) is 10.7 Å². The summed E-state index contributed by atoms with van der Waals surface area (Å²) >= 11 is 10.3. The van der Waals surface area contributed by atoms with Crippen molar-refractivity contribution in [1.82, 2.24) is 35.4 Å². The van der Waals surface area contributed by atoms with E-state index < -0.39 is 115 Å². The molecule has 10 rings (SSSR count). The number of hydrogen-bond acceptors (Lipinski definition) is 16. The molecule has 0 radical (unpaired) electrons. The Morgan fingerprint density at radius 3 is 1.74 bits per heavy atom. The van der Waals surface area contributed by atoms with Crippen molar-refractivity contribution in [3.05, 3.63) is 70.2 Å². The van der Waals surface area contributed by atoms with Gasteiger partial charge in [-0.15, -0.1) is 35.3 Å². The number of thioether (sulfide) groups is 3. The fourth-order valence-corrected chi connectivity index (χ4v) is 15.7. The van der Waals surface area contributed by atoms with Gasteiger partial charge in [0.1, 0.15) is 81.0 Å². The van der Waals surface area contributed by atoms with E-state index in [9.17, 15) is 63.2 Å². The zero-order valence-electron chi connectivity index (χ0n) is 42.8. The number of phenolic OH excluding ortho intramolecular Hbond substituents is 1. The minimum atomic E-state index is -1.10. The van der Waals surface area contributed by atoms with Gasteiger partial charge in [0, 0.05) is 27.3 Å². The molecule has 8 heterocycles. The molecule has 77 heavy (non-hydrogen) atoms. The number of phenols is 1. The molecule has 0 bridgehead atoms. The number of halogens is 2. The zero-order valence-corrected chi connectivity index (χ0v) is 46.0. The van der Waals surface area contributed by atoms with Crippen LogP contribution in [0.2, 0.25) is 5.02 Å². The number of hydrogen-bond donors (Lipinski definition) is 7. The number of benzene rings is 2. The minimum Gasteiger partial charge on any atom is -0.508 e. The first-order valence-electron chi connectivity index (χ1n) is 24.6. The van der Waals surface area contributed by atoms with Crippen molar-refractivity contribution >= 4 is 101 Å². The van der Waals surface area contributed by atoms with Crippen molar-refractivity contribution in [3.63, 3.8) is 0 Å². The van der Waals surface area contributed by atoms with E-state index in [4.69, 9.17) is 21.9 Å². The number of carboxylic acid groups (broad SMARTS) is 3. The van der Waals surface area contributed by atoms with Crippen molar-refractivity contribution in [3.8, 4) is 17.0 Å². The van der Waals surface area contributed by atoms with Crippen LogP contribution in [0.25, 0.3) is 11.3 Å². The first kappa shape index (κ1) is 57.1. The van der Waals surface area contributed by atoms with E-state index in [1.807, 2.05) is 20.2 Å². The molecule has 2 aromatic carbocycles. The molecule has 0 aliphatic carbocycles. The Kier molecular flexibility index (Phi) is 16.0. The summed E-state index contributed by atoms with van der Waals surface area (Å²) in [5, 5.41) is 45.6. The van der Waals surface area contributed by atoms with Crippen LogP contribution >= 0.6 is 46.9 Å². The predicted octanol–water partition coefficient (Wildman–Crippen LogP) is 4.12. The summed E-state index contributed by atoms with van der Waals surface area (Å²) in [6.45, 7) is 14.3. The highest BCUT2D eigenvalue weighted by Gasteiger charge is 2.66. The number of likely N-dealkylation sites (tertiary alicyclic amines) is 1. The van der Waals surface area contributed by atoms with Crippen LogP contribution in [0.3, 0.4) is 0 Å². The Morgan fingerprint density at radius 1 is 0.766 bits per heavy atom. The molecule has 3 aromatic rings. The van der Waals surface area contributed by atoms with E-state index in [0.29, 0.717) is 5.56 Å². The first-order valence-corrected chi connectivity index (χ1v) is 27.6. The Hall–Kier alpha value is -6.09. The standard InChI is InChI=1S/C19H17ClFN3O5S.C16H19N3O5S.C15H23N3O3S/c1-7-10(12(23-29-7)11-8(20)5-4-6-9(11)21)15(25)22-13-16(26)24-14(18(27)28)19(2,3)30-17(13)24;1-16(2)11(15(23)24)19-13(22)10(14(19)25-16)18-12(21)9(17)7-3-5-8(20)6-4-7;1-15(2)11(14(20)21)18-12(19)10(13(18)22-15)16-9-17-7-5-3-4-6-8-17/h4-6,13-14,17H,1-3H3,(H,22,25)(H,27,28);3-6,9-11,14,20H,17H2,1-2H3,(H,18,21)(H,23,24);9-11,13H,3-8H2,1-2H3,(H,20,21)/b;;16-9+/t13-,14+,17-;9-,10-,11+,14-;10-,11+,13-/m111/s1. The molecule has 414 valence electrons. The van der Waals surface area contributed by atoms with Crippen molar-refractivity contribution in [2.45, 2.75) is 147 Å². The van der Waals surface area contributed by atoms with Gasteiger partial charge in [-0.2, -0.15) is 0 Å². The molecular weight excluding hydrogens is 1090 g/mol. The van der Waals surface area contributed by atoms with Crippen LogP contribution in [0, 0.1) is 12.7 Å². The maximum Gasteiger partial charge on any atom is 0.327 e. The quantitative estimate of drug-likeness (QED) is 0.0807. The van der Waals surface area contributed by atoms with Gasteiger partial charge in [0.25, 0.3) is 11.8 Å². The summed E-state index contributed by atoms with van der Waals surface area (Å²) in [6, 6.07) is 4.20. The number of β-lactam (4-membered cyclic amide) rings is 3. The van der Waals surface area contributed by atoms with Crippen LogP contribution < -0.4 is 16.4 Å². The number of carbonyl (C=O) groups excluding carboxylic acids is 5. The molecule has 7 saturated heterocycles. The summed E-state index contributed by atoms with van der Waals surface area (Å²) < 4.78 is 17.6. The molecule has 1 aromatic heterocycles. The molecule has 7 aliphatic heterocycles. The van der Waals surface area contributed by atoms with E-state index in [-0.39, 0.29) is 44.6 Å². The lowest BCUT2D eigenvalue weighted by molar-refractivity contribution is -0.161. The van der Waals surface area contributed by atoms with Gasteiger partial charge in [0.2, 0.25) is 17.7 Å². The van der Waals surface area contributed by atoms with Crippen LogP contribution in [0.1, 0.15) is 94.9 Å². The molecule has 0 saturated carbocycles. The number of nitrogens with one attached hydrogen (secondary N) is 2. The number of amides is 5. The topological polar surface area (TPSA) is 319 Å². The van der Waals surface area contributed by atoms with Crippen LogP contribution in [-0.2, 0) is 33.6 Å². The summed E-state index contributed by atoms with van der Waals surface area (Å²) in [4.78, 5) is 108. The monoisotopic (exact) mass is 1140 g/mol. The molecule has 8 N–H and O–H groups in total. The predicted molar refractivity (Wildman–Crippen MR) is 283 cm³/mol. The molecular formula is C50H59ClFN9O13S3. The molecule has 7 aliphatic rings. The van der Waals surface area contributed by atoms with Gasteiger partial charge in [-0.1, -0.05) is 47.8 Å². The highest BCUT2D eigenvalue weighted by Crippen LogP contribution is 2.53. The lowest BCUT2D eigenvalue weighted by Gasteiger charge is -2.43. The number of aliphatic carboxylic acids is 3. The average Bonchev–Trinajstić information content (AvgIpc) is 4.09. The number of carboxylic acids is 3. The van der Waals surface area contributed by atoms with E-state index in [0.717, 1.165) is 13.1 Å². The van der Waals surface area contributed by atoms with Crippen LogP contribution in [-0.4, -0.2) is 179 Å². The second-order valence-corrected chi connectivity index (χ2v) is 26.7. The zero-order chi connectivity index (χ0) is 56.4. The number of aromatic hydroxyl groups is 1. The smallest absolute Gasteiger partial charge is 0.327 e. The lowest BCUT2D eigenvalue weighted by Crippen LogP contribution is -2.71. The SMILES string of the molecule is CC1(C)S[C@@H]2[C@H](/N=C/N3CCCCCC3)C(=O)N2[C@H]1C(=O)O.CC1(C)S[C@@H]2[C@H](NC(=O)[C@H](N)c3ccc(O)cc3)C(=O)N2[C@H]1C(=O)O.Cc1onc(-c2c(F)cccc2Cl)c1C(=O)N[C@@H]1C(=O)N2[C@@H]1SC(C)(C)[C@@H]2C(=O)O. The van der Waals surface area contributed by atoms with E-state index >= 15 is 0 Å². The van der Waals surface area contributed by atoms with Crippen molar-refractivity contribution in [2.75, 3.05) is 13.1 Å². The van der Waals surface area contributed by atoms with Gasteiger partial charge >= 0.3 is 17.9 Å². The number of fused-ring (bicyclic) bond motifs is 3. The highest BCUT2D eigenvalue weighted by molar-refractivity contribution is 8.02. The Morgan fingerprint density at radius 2 is 1.25 bits per heavy atom. The number of aryl methyl sites for hydroxylation is 1. The fourth-order valence-electron chi connectivity index (χ4n) is 10.6. The van der Waals surface area contributed by atoms with Crippen LogP contribution in [0.4, 0.5) is 4.39 Å². The molecule has 0 spiro atoms. The van der Waals surface area contributed by atoms with E-state index in [2.05, 4.69) is 25.7 Å². The maximum absolute atomic E-state index is 14.4. The maximum atomic E-state index is 14.4. The normalized spacial score (nSPS) is 28.4. The van der Waals surface area contributed by atoms with Crippen molar-refractivity contribution < 1.29 is 67.7 Å². The molecule has 27 heteroatoms. The van der Waals surface area contributed by atoms with E-state index in [1.54, 1.807) is 39.5 Å². The molecule has 22 nitrogen and oxygen atoms in total. The third kappa shape index (κ3) is 10.7. The number of aliphatic imine (C=N–C) groups is 1. The van der Waals surface area contributed by atoms with Gasteiger partial charge in [0.05, 0.1) is 16.9 Å². The number of aromatic nitrogens is 1. The molecule has 5 amide bonds. The average molecular weight is 1140 g/mol. The molecule has 7 fully saturated rings. The summed E-state index contributed by atoms with van der Waals surface area (Å²) in [7, 11) is 0. The Bertz CT molecular complexity index is 2900. The number of rotatable bonds is 11. The number of nitrogens with two attached hydrogens (primary N) is 1. The minimum absolute atomic E-state index is 0.0368. The highest BCUT2D eigenvalue weighted by atomic mass is 35.5. The number of carbonyl (C=O) groups is 8.